The number of carboxylic acid groups (broad SMARTS) is 4. The predicted octanol–water partition coefficient (Wildman–Crippen LogP) is 0.0477. The van der Waals surface area contributed by atoms with Gasteiger partial charge < -0.3 is 34.9 Å². The van der Waals surface area contributed by atoms with E-state index in [1.165, 1.54) is 0 Å². The van der Waals surface area contributed by atoms with Gasteiger partial charge in [-0.05, 0) is 19.9 Å². The number of carbonyl (C=O) groups excluding carboxylic acids is 1. The molecule has 1 spiro atoms. The normalized spacial score (nSPS) is 18.5. The predicted molar refractivity (Wildman–Crippen MR) is 104 cm³/mol. The van der Waals surface area contributed by atoms with Gasteiger partial charge in [-0.2, -0.15) is 0 Å². The lowest BCUT2D eigenvalue weighted by molar-refractivity contribution is -0.159. The smallest absolute Gasteiger partial charge is 0.414 e. The first kappa shape index (κ1) is 27.7. The molecule has 2 fully saturated rings. The van der Waals surface area contributed by atoms with E-state index in [4.69, 9.17) is 39.6 Å². The number of piperidine rings is 1. The summed E-state index contributed by atoms with van der Waals surface area (Å²) in [5.74, 6) is -6.45. The standard InChI is InChI=1S/C12H20N2O3.C4H4O4.C2H2O4/c1-3-11(15)17-13-10-8-12(16-9-10)4-6-14(2)7-5-12;5-3(6)1-2-4(7)8;3-1(4)2(5)6/h3-9H2,1-2H3;1-2H,(H,5,6)(H,7,8);(H,3,4)(H,5,6)/b13-10-;2-1-;. The number of carboxylic acids is 4. The Kier molecular flexibility index (Phi) is 12.3. The van der Waals surface area contributed by atoms with Gasteiger partial charge in [-0.3, -0.25) is 0 Å². The van der Waals surface area contributed by atoms with Crippen LogP contribution in [0.4, 0.5) is 0 Å². The molecule has 174 valence electrons. The quantitative estimate of drug-likeness (QED) is 0.196. The van der Waals surface area contributed by atoms with Crippen LogP contribution < -0.4 is 0 Å². The zero-order valence-corrected chi connectivity index (χ0v) is 17.1. The second-order valence-electron chi connectivity index (χ2n) is 6.55. The molecule has 0 atom stereocenters. The van der Waals surface area contributed by atoms with Crippen molar-refractivity contribution in [2.24, 2.45) is 5.16 Å². The summed E-state index contributed by atoms with van der Waals surface area (Å²) in [5, 5.41) is 34.3. The highest BCUT2D eigenvalue weighted by Crippen LogP contribution is 2.34. The Bertz CT molecular complexity index is 694. The van der Waals surface area contributed by atoms with Gasteiger partial charge in [0.2, 0.25) is 0 Å². The number of carbonyl (C=O) groups is 5. The number of hydrogen-bond donors (Lipinski definition) is 4. The average Bonchev–Trinajstić information content (AvgIpc) is 3.10. The second-order valence-corrected chi connectivity index (χ2v) is 6.55. The molecular formula is C18H26N2O11. The molecule has 0 aromatic heterocycles. The summed E-state index contributed by atoms with van der Waals surface area (Å²) in [7, 11) is 2.12. The van der Waals surface area contributed by atoms with Crippen molar-refractivity contribution in [2.75, 3.05) is 26.7 Å². The highest BCUT2D eigenvalue weighted by atomic mass is 16.7. The number of aliphatic carboxylic acids is 4. The van der Waals surface area contributed by atoms with Crippen molar-refractivity contribution in [3.63, 3.8) is 0 Å². The van der Waals surface area contributed by atoms with Crippen LogP contribution in [0.5, 0.6) is 0 Å². The molecule has 0 aromatic carbocycles. The molecule has 0 bridgehead atoms. The summed E-state index contributed by atoms with van der Waals surface area (Å²) in [6.07, 6.45) is 4.34. The molecule has 2 rings (SSSR count). The van der Waals surface area contributed by atoms with Gasteiger partial charge in [-0.1, -0.05) is 12.1 Å². The fourth-order valence-electron chi connectivity index (χ4n) is 2.44. The molecule has 0 aliphatic carbocycles. The van der Waals surface area contributed by atoms with Gasteiger partial charge >= 0.3 is 29.8 Å². The maximum Gasteiger partial charge on any atom is 0.414 e. The van der Waals surface area contributed by atoms with E-state index in [0.29, 0.717) is 25.2 Å². The van der Waals surface area contributed by atoms with E-state index >= 15 is 0 Å². The number of ether oxygens (including phenoxy) is 1. The molecule has 13 nitrogen and oxygen atoms in total. The minimum atomic E-state index is -1.82. The second kappa shape index (κ2) is 13.8. The van der Waals surface area contributed by atoms with Crippen LogP contribution in [-0.2, 0) is 33.5 Å². The van der Waals surface area contributed by atoms with Crippen molar-refractivity contribution in [3.05, 3.63) is 12.2 Å². The van der Waals surface area contributed by atoms with E-state index in [9.17, 15) is 14.4 Å². The third-order valence-corrected chi connectivity index (χ3v) is 4.09. The van der Waals surface area contributed by atoms with Crippen molar-refractivity contribution in [2.45, 2.75) is 38.2 Å². The van der Waals surface area contributed by atoms with Gasteiger partial charge in [0.1, 0.15) is 0 Å². The molecular weight excluding hydrogens is 420 g/mol. The molecule has 2 aliphatic heterocycles. The van der Waals surface area contributed by atoms with Crippen LogP contribution in [0, 0.1) is 0 Å². The molecule has 0 aromatic rings. The Balaban J connectivity index is 0.000000537. The monoisotopic (exact) mass is 446 g/mol. The van der Waals surface area contributed by atoms with Crippen LogP contribution in [-0.4, -0.2) is 93.2 Å². The number of rotatable bonds is 4. The molecule has 0 radical (unpaired) electrons. The zero-order chi connectivity index (χ0) is 24.0. The Hall–Kier alpha value is -3.32. The van der Waals surface area contributed by atoms with Gasteiger partial charge in [0.15, 0.2) is 0 Å². The Labute approximate surface area is 177 Å². The summed E-state index contributed by atoms with van der Waals surface area (Å²) < 4.78 is 5.86. The lowest BCUT2D eigenvalue weighted by Crippen LogP contribution is -2.42. The molecule has 0 unspecified atom stereocenters. The molecule has 4 N–H and O–H groups in total. The van der Waals surface area contributed by atoms with Crippen LogP contribution in [0.15, 0.2) is 17.3 Å². The van der Waals surface area contributed by atoms with Gasteiger partial charge in [0.05, 0.1) is 17.9 Å². The van der Waals surface area contributed by atoms with E-state index in [0.717, 1.165) is 38.1 Å². The summed E-state index contributed by atoms with van der Waals surface area (Å²) in [5.41, 5.74) is 0.806. The van der Waals surface area contributed by atoms with E-state index in [1.807, 2.05) is 0 Å². The minimum Gasteiger partial charge on any atom is -0.478 e. The Morgan fingerprint density at radius 3 is 1.90 bits per heavy atom. The maximum absolute atomic E-state index is 11.0. The largest absolute Gasteiger partial charge is 0.478 e. The van der Waals surface area contributed by atoms with Crippen molar-refractivity contribution >= 4 is 35.6 Å². The highest BCUT2D eigenvalue weighted by molar-refractivity contribution is 6.27. The van der Waals surface area contributed by atoms with Crippen LogP contribution in [0.1, 0.15) is 32.6 Å². The molecule has 13 heteroatoms. The molecule has 31 heavy (non-hydrogen) atoms. The molecule has 0 saturated carbocycles. The average molecular weight is 446 g/mol. The third-order valence-electron chi connectivity index (χ3n) is 4.09. The molecule has 2 saturated heterocycles. The number of oxime groups is 1. The van der Waals surface area contributed by atoms with Gasteiger partial charge in [0, 0.05) is 38.1 Å². The summed E-state index contributed by atoms with van der Waals surface area (Å²) in [6, 6.07) is 0. The topological polar surface area (TPSA) is 200 Å². The summed E-state index contributed by atoms with van der Waals surface area (Å²) in [4.78, 5) is 55.4. The van der Waals surface area contributed by atoms with E-state index in [-0.39, 0.29) is 11.6 Å². The lowest BCUT2D eigenvalue weighted by atomic mass is 9.88. The van der Waals surface area contributed by atoms with E-state index in [1.54, 1.807) is 6.92 Å². The van der Waals surface area contributed by atoms with Crippen LogP contribution >= 0.6 is 0 Å². The van der Waals surface area contributed by atoms with E-state index in [2.05, 4.69) is 17.1 Å². The number of likely N-dealkylation sites (tertiary alicyclic amines) is 1. The molecule has 2 heterocycles. The Morgan fingerprint density at radius 1 is 1.03 bits per heavy atom. The van der Waals surface area contributed by atoms with Gasteiger partial charge in [0.25, 0.3) is 0 Å². The van der Waals surface area contributed by atoms with Gasteiger partial charge in [-0.15, -0.1) is 0 Å². The minimum absolute atomic E-state index is 0.0516. The van der Waals surface area contributed by atoms with Crippen molar-refractivity contribution < 1.29 is 54.0 Å². The van der Waals surface area contributed by atoms with Crippen molar-refractivity contribution in [3.8, 4) is 0 Å². The lowest BCUT2D eigenvalue weighted by Gasteiger charge is -2.36. The maximum atomic E-state index is 11.0. The van der Waals surface area contributed by atoms with Crippen molar-refractivity contribution in [1.29, 1.82) is 0 Å². The first-order valence-electron chi connectivity index (χ1n) is 9.09. The number of nitrogens with zero attached hydrogens (tertiary/aromatic N) is 2. The van der Waals surface area contributed by atoms with Crippen molar-refractivity contribution in [1.82, 2.24) is 4.90 Å². The fraction of sp³-hybridized carbons (Fsp3) is 0.556. The van der Waals surface area contributed by atoms with Crippen LogP contribution in [0.25, 0.3) is 0 Å². The SMILES string of the molecule is CCC(=O)O/N=C1\COC2(CCN(C)CC2)C1.O=C(O)/C=C\C(=O)O.O=C(O)C(=O)O. The van der Waals surface area contributed by atoms with E-state index < -0.39 is 23.9 Å². The highest BCUT2D eigenvalue weighted by Gasteiger charge is 2.40. The Morgan fingerprint density at radius 2 is 1.52 bits per heavy atom. The fourth-order valence-corrected chi connectivity index (χ4v) is 2.44. The third kappa shape index (κ3) is 12.8. The zero-order valence-electron chi connectivity index (χ0n) is 17.1. The summed E-state index contributed by atoms with van der Waals surface area (Å²) in [6.45, 7) is 4.37. The molecule has 0 amide bonds. The molecule has 2 aliphatic rings. The van der Waals surface area contributed by atoms with Crippen LogP contribution in [0.2, 0.25) is 0 Å². The summed E-state index contributed by atoms with van der Waals surface area (Å²) >= 11 is 0. The first-order chi connectivity index (χ1) is 14.4. The van der Waals surface area contributed by atoms with Crippen LogP contribution in [0.3, 0.4) is 0 Å². The number of hydrogen-bond acceptors (Lipinski definition) is 9. The first-order valence-corrected chi connectivity index (χ1v) is 9.09. The van der Waals surface area contributed by atoms with Gasteiger partial charge in [-0.25, -0.2) is 24.0 Å².